The van der Waals surface area contributed by atoms with Crippen LogP contribution >= 0.6 is 0 Å². The third-order valence-corrected chi connectivity index (χ3v) is 4.61. The van der Waals surface area contributed by atoms with Crippen LogP contribution in [0, 0.1) is 16.7 Å². The predicted molar refractivity (Wildman–Crippen MR) is 48.5 cm³/mol. The zero-order valence-electron chi connectivity index (χ0n) is 8.11. The first-order valence-electron chi connectivity index (χ1n) is 5.21. The van der Waals surface area contributed by atoms with Crippen molar-refractivity contribution in [2.24, 2.45) is 16.7 Å². The standard InChI is InChI=1S/C11H20/c1-4-6-7-11-8-9(11)10(11,3)5-2/h9H,4-8H2,1-3H3. The second-order valence-electron chi connectivity index (χ2n) is 4.79. The van der Waals surface area contributed by atoms with Crippen LogP contribution in [0.15, 0.2) is 0 Å². The van der Waals surface area contributed by atoms with Gasteiger partial charge in [0.05, 0.1) is 0 Å². The molecule has 0 aromatic rings. The quantitative estimate of drug-likeness (QED) is 0.577. The Morgan fingerprint density at radius 2 is 2.09 bits per heavy atom. The fourth-order valence-corrected chi connectivity index (χ4v) is 3.24. The Labute approximate surface area is 70.4 Å². The fraction of sp³-hybridized carbons (Fsp3) is 1.00. The van der Waals surface area contributed by atoms with E-state index in [2.05, 4.69) is 20.8 Å². The zero-order valence-corrected chi connectivity index (χ0v) is 8.11. The highest BCUT2D eigenvalue weighted by Gasteiger charge is 2.83. The maximum atomic E-state index is 2.50. The molecule has 0 radical (unpaired) electrons. The molecule has 2 aliphatic rings. The number of hydrogen-bond donors (Lipinski definition) is 0. The molecular formula is C11H20. The molecule has 0 bridgehead atoms. The Morgan fingerprint density at radius 1 is 1.36 bits per heavy atom. The van der Waals surface area contributed by atoms with E-state index in [1.807, 2.05) is 0 Å². The molecule has 64 valence electrons. The van der Waals surface area contributed by atoms with Gasteiger partial charge in [-0.05, 0) is 36.0 Å². The Kier molecular flexibility index (Phi) is 1.41. The Hall–Kier alpha value is 0. The van der Waals surface area contributed by atoms with E-state index in [1.165, 1.54) is 25.7 Å². The van der Waals surface area contributed by atoms with Gasteiger partial charge in [-0.1, -0.05) is 33.6 Å². The molecule has 3 atom stereocenters. The SMILES string of the molecule is CCCCC12CC1C2(C)CC. The van der Waals surface area contributed by atoms with Gasteiger partial charge >= 0.3 is 0 Å². The van der Waals surface area contributed by atoms with Crippen molar-refractivity contribution >= 4 is 0 Å². The number of rotatable bonds is 4. The highest BCUT2D eigenvalue weighted by molar-refractivity contribution is 5.31. The van der Waals surface area contributed by atoms with Gasteiger partial charge in [-0.25, -0.2) is 0 Å². The summed E-state index contributed by atoms with van der Waals surface area (Å²) in [6.45, 7) is 7.16. The zero-order chi connectivity index (χ0) is 8.11. The molecule has 0 aromatic carbocycles. The summed E-state index contributed by atoms with van der Waals surface area (Å²) in [6.07, 6.45) is 7.36. The number of hydrogen-bond acceptors (Lipinski definition) is 0. The molecule has 11 heavy (non-hydrogen) atoms. The Bertz CT molecular complexity index is 173. The van der Waals surface area contributed by atoms with Crippen LogP contribution in [0.25, 0.3) is 0 Å². The molecule has 3 unspecified atom stereocenters. The minimum Gasteiger partial charge on any atom is -0.0654 e. The molecule has 0 nitrogen and oxygen atoms in total. The lowest BCUT2D eigenvalue weighted by Gasteiger charge is -2.20. The van der Waals surface area contributed by atoms with Crippen LogP contribution in [0.4, 0.5) is 0 Å². The van der Waals surface area contributed by atoms with Crippen LogP contribution in [0.3, 0.4) is 0 Å². The van der Waals surface area contributed by atoms with Crippen LogP contribution < -0.4 is 0 Å². The van der Waals surface area contributed by atoms with Gasteiger partial charge in [0.2, 0.25) is 0 Å². The van der Waals surface area contributed by atoms with E-state index in [0.29, 0.717) is 0 Å². The fourth-order valence-electron chi connectivity index (χ4n) is 3.24. The monoisotopic (exact) mass is 152 g/mol. The molecule has 2 saturated carbocycles. The van der Waals surface area contributed by atoms with Crippen molar-refractivity contribution in [3.8, 4) is 0 Å². The third kappa shape index (κ3) is 0.711. The molecule has 0 heteroatoms. The minimum atomic E-state index is 0.794. The summed E-state index contributed by atoms with van der Waals surface area (Å²) >= 11 is 0. The summed E-state index contributed by atoms with van der Waals surface area (Å²) in [5.74, 6) is 1.14. The van der Waals surface area contributed by atoms with E-state index in [9.17, 15) is 0 Å². The molecule has 0 amide bonds. The van der Waals surface area contributed by atoms with Crippen molar-refractivity contribution in [3.63, 3.8) is 0 Å². The normalized spacial score (nSPS) is 52.1. The highest BCUT2D eigenvalue weighted by Crippen LogP contribution is 2.90. The van der Waals surface area contributed by atoms with Crippen molar-refractivity contribution < 1.29 is 0 Å². The van der Waals surface area contributed by atoms with E-state index in [-0.39, 0.29) is 0 Å². The Morgan fingerprint density at radius 3 is 2.45 bits per heavy atom. The summed E-state index contributed by atoms with van der Waals surface area (Å²) < 4.78 is 0. The van der Waals surface area contributed by atoms with Crippen LogP contribution in [0.1, 0.15) is 52.9 Å². The lowest BCUT2D eigenvalue weighted by atomic mass is 9.85. The van der Waals surface area contributed by atoms with E-state index >= 15 is 0 Å². The van der Waals surface area contributed by atoms with E-state index in [4.69, 9.17) is 0 Å². The molecule has 2 aliphatic carbocycles. The number of fused-ring (bicyclic) bond motifs is 1. The topological polar surface area (TPSA) is 0 Å². The molecule has 2 fully saturated rings. The third-order valence-electron chi connectivity index (χ3n) is 4.61. The van der Waals surface area contributed by atoms with Gasteiger partial charge in [0, 0.05) is 0 Å². The second kappa shape index (κ2) is 2.02. The van der Waals surface area contributed by atoms with Gasteiger partial charge < -0.3 is 0 Å². The van der Waals surface area contributed by atoms with Gasteiger partial charge in [0.25, 0.3) is 0 Å². The number of unbranched alkanes of at least 4 members (excludes halogenated alkanes) is 1. The maximum absolute atomic E-state index is 2.50. The summed E-state index contributed by atoms with van der Waals surface area (Å²) in [6, 6.07) is 0. The van der Waals surface area contributed by atoms with Gasteiger partial charge in [-0.15, -0.1) is 0 Å². The molecule has 0 saturated heterocycles. The average molecular weight is 152 g/mol. The van der Waals surface area contributed by atoms with Crippen molar-refractivity contribution in [3.05, 3.63) is 0 Å². The largest absolute Gasteiger partial charge is 0.0654 e. The predicted octanol–water partition coefficient (Wildman–Crippen LogP) is 3.61. The van der Waals surface area contributed by atoms with Crippen molar-refractivity contribution in [2.45, 2.75) is 52.9 Å². The summed E-state index contributed by atoms with van der Waals surface area (Å²) in [5, 5.41) is 0. The first kappa shape index (κ1) is 7.64. The average Bonchev–Trinajstić information content (AvgIpc) is 2.86. The van der Waals surface area contributed by atoms with Gasteiger partial charge in [0.15, 0.2) is 0 Å². The van der Waals surface area contributed by atoms with Gasteiger partial charge in [-0.3, -0.25) is 0 Å². The van der Waals surface area contributed by atoms with Gasteiger partial charge in [-0.2, -0.15) is 0 Å². The molecule has 0 aliphatic heterocycles. The summed E-state index contributed by atoms with van der Waals surface area (Å²) in [5.41, 5.74) is 1.67. The van der Waals surface area contributed by atoms with Crippen molar-refractivity contribution in [1.29, 1.82) is 0 Å². The lowest BCUT2D eigenvalue weighted by Crippen LogP contribution is -2.11. The molecule has 0 N–H and O–H groups in total. The Balaban J connectivity index is 1.88. The molecule has 0 heterocycles. The van der Waals surface area contributed by atoms with Crippen LogP contribution in [-0.2, 0) is 0 Å². The lowest BCUT2D eigenvalue weighted by molar-refractivity contribution is 0.298. The summed E-state index contributed by atoms with van der Waals surface area (Å²) in [4.78, 5) is 0. The van der Waals surface area contributed by atoms with E-state index < -0.39 is 0 Å². The first-order chi connectivity index (χ1) is 5.21. The smallest absolute Gasteiger partial charge is 0.0204 e. The first-order valence-corrected chi connectivity index (χ1v) is 5.21. The highest BCUT2D eigenvalue weighted by atomic mass is 14.9. The van der Waals surface area contributed by atoms with E-state index in [0.717, 1.165) is 16.7 Å². The van der Waals surface area contributed by atoms with Crippen molar-refractivity contribution in [1.82, 2.24) is 0 Å². The molecule has 0 spiro atoms. The van der Waals surface area contributed by atoms with Gasteiger partial charge in [0.1, 0.15) is 0 Å². The summed E-state index contributed by atoms with van der Waals surface area (Å²) in [7, 11) is 0. The van der Waals surface area contributed by atoms with Crippen LogP contribution in [0.5, 0.6) is 0 Å². The maximum Gasteiger partial charge on any atom is -0.0204 e. The van der Waals surface area contributed by atoms with Crippen LogP contribution in [0.2, 0.25) is 0 Å². The minimum absolute atomic E-state index is 0.794. The second-order valence-corrected chi connectivity index (χ2v) is 4.79. The molecular weight excluding hydrogens is 132 g/mol. The molecule has 0 aromatic heterocycles. The van der Waals surface area contributed by atoms with E-state index in [1.54, 1.807) is 6.42 Å². The van der Waals surface area contributed by atoms with Crippen LogP contribution in [-0.4, -0.2) is 0 Å². The molecule has 2 rings (SSSR count). The van der Waals surface area contributed by atoms with Crippen molar-refractivity contribution in [2.75, 3.05) is 0 Å².